The van der Waals surface area contributed by atoms with Crippen LogP contribution < -0.4 is 5.73 Å². The number of benzene rings is 1. The molecule has 0 saturated heterocycles. The molecule has 1 aromatic rings. The number of hydrogen-bond donors (Lipinski definition) is 1. The Labute approximate surface area is 116 Å². The minimum Gasteiger partial charge on any atom is -0.398 e. The van der Waals surface area contributed by atoms with E-state index in [2.05, 4.69) is 24.8 Å². The second kappa shape index (κ2) is 8.39. The highest BCUT2D eigenvalue weighted by molar-refractivity contribution is 6.33. The molecule has 0 saturated carbocycles. The van der Waals surface area contributed by atoms with Crippen LogP contribution in [0.3, 0.4) is 0 Å². The first-order valence-corrected chi connectivity index (χ1v) is 7.31. The van der Waals surface area contributed by atoms with E-state index in [9.17, 15) is 0 Å². The Morgan fingerprint density at radius 3 is 2.22 bits per heavy atom. The number of nitrogens with two attached hydrogens (primary N) is 1. The summed E-state index contributed by atoms with van der Waals surface area (Å²) in [6, 6.07) is 5.96. The van der Waals surface area contributed by atoms with Crippen LogP contribution in [0.1, 0.15) is 45.1 Å². The van der Waals surface area contributed by atoms with E-state index in [-0.39, 0.29) is 0 Å². The summed E-state index contributed by atoms with van der Waals surface area (Å²) in [5.41, 5.74) is 7.78. The summed E-state index contributed by atoms with van der Waals surface area (Å²) in [4.78, 5) is 2.51. The van der Waals surface area contributed by atoms with Gasteiger partial charge >= 0.3 is 0 Å². The van der Waals surface area contributed by atoms with Crippen molar-refractivity contribution in [3.8, 4) is 0 Å². The minimum absolute atomic E-state index is 0.646. The highest BCUT2D eigenvalue weighted by Gasteiger charge is 2.06. The predicted octanol–water partition coefficient (Wildman–Crippen LogP) is 4.32. The van der Waals surface area contributed by atoms with Crippen molar-refractivity contribution in [2.45, 2.75) is 46.1 Å². The third-order valence-corrected chi connectivity index (χ3v) is 3.47. The molecule has 0 amide bonds. The van der Waals surface area contributed by atoms with Crippen LogP contribution in [0.25, 0.3) is 0 Å². The maximum atomic E-state index is 5.95. The fourth-order valence-electron chi connectivity index (χ4n) is 1.98. The van der Waals surface area contributed by atoms with Crippen molar-refractivity contribution < 1.29 is 0 Å². The molecule has 0 radical (unpaired) electrons. The van der Waals surface area contributed by atoms with Gasteiger partial charge in [-0.05, 0) is 43.6 Å². The number of nitrogens with zero attached hydrogens (tertiary/aromatic N) is 1. The summed E-state index contributed by atoms with van der Waals surface area (Å²) in [6.07, 6.45) is 5.00. The lowest BCUT2D eigenvalue weighted by atomic mass is 10.1. The topological polar surface area (TPSA) is 29.3 Å². The van der Waals surface area contributed by atoms with E-state index in [0.29, 0.717) is 10.7 Å². The summed E-state index contributed by atoms with van der Waals surface area (Å²) >= 11 is 5.95. The smallest absolute Gasteiger partial charge is 0.0635 e. The molecule has 0 bridgehead atoms. The fourth-order valence-corrected chi connectivity index (χ4v) is 2.10. The lowest BCUT2D eigenvalue weighted by Crippen LogP contribution is -2.25. The Balaban J connectivity index is 2.59. The molecule has 1 aromatic carbocycles. The first-order valence-electron chi connectivity index (χ1n) is 6.93. The Morgan fingerprint density at radius 2 is 1.72 bits per heavy atom. The van der Waals surface area contributed by atoms with Gasteiger partial charge in [0.25, 0.3) is 0 Å². The van der Waals surface area contributed by atoms with Gasteiger partial charge in [-0.15, -0.1) is 0 Å². The van der Waals surface area contributed by atoms with Gasteiger partial charge < -0.3 is 5.73 Å². The summed E-state index contributed by atoms with van der Waals surface area (Å²) in [7, 11) is 0. The van der Waals surface area contributed by atoms with Crippen LogP contribution in [0.2, 0.25) is 5.02 Å². The van der Waals surface area contributed by atoms with Crippen molar-refractivity contribution in [2.75, 3.05) is 18.8 Å². The second-order valence-electron chi connectivity index (χ2n) is 4.84. The Hall–Kier alpha value is -0.730. The lowest BCUT2D eigenvalue weighted by molar-refractivity contribution is 0.257. The van der Waals surface area contributed by atoms with Gasteiger partial charge in [0.1, 0.15) is 0 Å². The molecule has 1 rings (SSSR count). The van der Waals surface area contributed by atoms with Crippen LogP contribution in [0.4, 0.5) is 5.69 Å². The van der Waals surface area contributed by atoms with E-state index in [1.807, 2.05) is 12.1 Å². The molecule has 18 heavy (non-hydrogen) atoms. The van der Waals surface area contributed by atoms with E-state index < -0.39 is 0 Å². The third-order valence-electron chi connectivity index (χ3n) is 3.12. The molecule has 0 fully saturated rings. The van der Waals surface area contributed by atoms with Crippen LogP contribution >= 0.6 is 11.6 Å². The highest BCUT2D eigenvalue weighted by Crippen LogP contribution is 2.20. The second-order valence-corrected chi connectivity index (χ2v) is 5.25. The number of unbranched alkanes of at least 4 members (excludes halogenated alkanes) is 2. The van der Waals surface area contributed by atoms with Crippen molar-refractivity contribution in [3.05, 3.63) is 28.8 Å². The number of nitrogen functional groups attached to an aromatic ring is 1. The van der Waals surface area contributed by atoms with Crippen molar-refractivity contribution in [1.29, 1.82) is 0 Å². The van der Waals surface area contributed by atoms with E-state index in [4.69, 9.17) is 17.3 Å². The average molecular weight is 269 g/mol. The van der Waals surface area contributed by atoms with Crippen molar-refractivity contribution in [2.24, 2.45) is 0 Å². The van der Waals surface area contributed by atoms with Crippen LogP contribution in [0, 0.1) is 0 Å². The Kier molecular flexibility index (Phi) is 7.14. The predicted molar refractivity (Wildman–Crippen MR) is 81.0 cm³/mol. The van der Waals surface area contributed by atoms with E-state index in [1.165, 1.54) is 44.3 Å². The van der Waals surface area contributed by atoms with Crippen LogP contribution in [-0.4, -0.2) is 18.0 Å². The SMILES string of the molecule is CCCCN(CCCC)Cc1ccc(Cl)c(N)c1. The number of hydrogen-bond acceptors (Lipinski definition) is 2. The zero-order valence-electron chi connectivity index (χ0n) is 11.6. The molecule has 0 atom stereocenters. The lowest BCUT2D eigenvalue weighted by Gasteiger charge is -2.22. The van der Waals surface area contributed by atoms with E-state index in [0.717, 1.165) is 6.54 Å². The zero-order valence-corrected chi connectivity index (χ0v) is 12.3. The van der Waals surface area contributed by atoms with Gasteiger partial charge in [-0.1, -0.05) is 44.4 Å². The summed E-state index contributed by atoms with van der Waals surface area (Å²) in [5.74, 6) is 0. The molecule has 0 unspecified atom stereocenters. The van der Waals surface area contributed by atoms with Gasteiger partial charge in [-0.2, -0.15) is 0 Å². The van der Waals surface area contributed by atoms with Gasteiger partial charge in [-0.25, -0.2) is 0 Å². The van der Waals surface area contributed by atoms with Crippen molar-refractivity contribution >= 4 is 17.3 Å². The van der Waals surface area contributed by atoms with Gasteiger partial charge in [0.15, 0.2) is 0 Å². The first-order chi connectivity index (χ1) is 8.67. The molecule has 0 spiro atoms. The van der Waals surface area contributed by atoms with Crippen molar-refractivity contribution in [3.63, 3.8) is 0 Å². The minimum atomic E-state index is 0.646. The molecule has 0 aliphatic rings. The molecule has 0 aliphatic carbocycles. The average Bonchev–Trinajstić information content (AvgIpc) is 2.37. The Bertz CT molecular complexity index is 344. The molecule has 0 aromatic heterocycles. The molecular weight excluding hydrogens is 244 g/mol. The molecule has 2 N–H and O–H groups in total. The van der Waals surface area contributed by atoms with E-state index >= 15 is 0 Å². The summed E-state index contributed by atoms with van der Waals surface area (Å²) in [5, 5.41) is 0.646. The van der Waals surface area contributed by atoms with Gasteiger partial charge in [-0.3, -0.25) is 4.90 Å². The summed E-state index contributed by atoms with van der Waals surface area (Å²) in [6.45, 7) is 7.77. The Morgan fingerprint density at radius 1 is 1.11 bits per heavy atom. The molecule has 0 aliphatic heterocycles. The molecule has 2 nitrogen and oxygen atoms in total. The molecular formula is C15H25ClN2. The molecule has 0 heterocycles. The fraction of sp³-hybridized carbons (Fsp3) is 0.600. The monoisotopic (exact) mass is 268 g/mol. The standard InChI is InChI=1S/C15H25ClN2/c1-3-5-9-18(10-6-4-2)12-13-7-8-14(16)15(17)11-13/h7-8,11H,3-6,9-10,12,17H2,1-2H3. The number of anilines is 1. The van der Waals surface area contributed by atoms with Crippen LogP contribution in [0.15, 0.2) is 18.2 Å². The number of halogens is 1. The first kappa shape index (κ1) is 15.3. The highest BCUT2D eigenvalue weighted by atomic mass is 35.5. The van der Waals surface area contributed by atoms with Gasteiger partial charge in [0, 0.05) is 6.54 Å². The molecule has 3 heteroatoms. The molecule has 102 valence electrons. The van der Waals surface area contributed by atoms with Crippen LogP contribution in [0.5, 0.6) is 0 Å². The third kappa shape index (κ3) is 5.28. The van der Waals surface area contributed by atoms with Crippen molar-refractivity contribution in [1.82, 2.24) is 4.90 Å². The van der Waals surface area contributed by atoms with E-state index in [1.54, 1.807) is 0 Å². The maximum Gasteiger partial charge on any atom is 0.0635 e. The largest absolute Gasteiger partial charge is 0.398 e. The normalized spacial score (nSPS) is 11.1. The maximum absolute atomic E-state index is 5.95. The van der Waals surface area contributed by atoms with Gasteiger partial charge in [0.2, 0.25) is 0 Å². The van der Waals surface area contributed by atoms with Gasteiger partial charge in [0.05, 0.1) is 10.7 Å². The van der Waals surface area contributed by atoms with Crippen LogP contribution in [-0.2, 0) is 6.54 Å². The zero-order chi connectivity index (χ0) is 13.4. The quantitative estimate of drug-likeness (QED) is 0.712. The number of rotatable bonds is 8. The summed E-state index contributed by atoms with van der Waals surface area (Å²) < 4.78 is 0.